The minimum absolute atomic E-state index is 0.0259. The molecule has 1 heterocycles. The van der Waals surface area contributed by atoms with Crippen molar-refractivity contribution in [2.45, 2.75) is 18.9 Å². The molecule has 0 radical (unpaired) electrons. The molecule has 0 aromatic heterocycles. The maximum absolute atomic E-state index is 13.8. The first-order chi connectivity index (χ1) is 13.1. The van der Waals surface area contributed by atoms with Gasteiger partial charge in [-0.15, -0.1) is 0 Å². The second-order valence-corrected chi connectivity index (χ2v) is 6.19. The maximum Gasteiger partial charge on any atom is 0.255 e. The van der Waals surface area contributed by atoms with E-state index in [1.165, 1.54) is 19.2 Å². The Kier molecular flexibility index (Phi) is 6.03. The fourth-order valence-electron chi connectivity index (χ4n) is 2.90. The number of carbonyl (C=O) groups excluding carboxylic acids is 2. The molecule has 2 aromatic carbocycles. The van der Waals surface area contributed by atoms with Gasteiger partial charge < -0.3 is 20.1 Å². The summed E-state index contributed by atoms with van der Waals surface area (Å²) in [4.78, 5) is 24.9. The molecule has 3 rings (SSSR count). The highest BCUT2D eigenvalue weighted by atomic mass is 19.1. The van der Waals surface area contributed by atoms with Crippen LogP contribution in [0.3, 0.4) is 0 Å². The van der Waals surface area contributed by atoms with Crippen LogP contribution in [0.15, 0.2) is 42.5 Å². The zero-order valence-corrected chi connectivity index (χ0v) is 15.0. The summed E-state index contributed by atoms with van der Waals surface area (Å²) in [5.41, 5.74) is 0.810. The minimum Gasteiger partial charge on any atom is -0.494 e. The van der Waals surface area contributed by atoms with Crippen LogP contribution in [0.25, 0.3) is 0 Å². The molecular weight excluding hydrogens is 351 g/mol. The number of ether oxygens (including phenoxy) is 2. The fourth-order valence-corrected chi connectivity index (χ4v) is 2.90. The summed E-state index contributed by atoms with van der Waals surface area (Å²) in [6, 6.07) is 10.6. The number of hydrogen-bond donors (Lipinski definition) is 2. The topological polar surface area (TPSA) is 76.7 Å². The molecular formula is C20H21FN2O4. The van der Waals surface area contributed by atoms with Gasteiger partial charge in [0.15, 0.2) is 11.6 Å². The highest BCUT2D eigenvalue weighted by Gasteiger charge is 2.19. The van der Waals surface area contributed by atoms with E-state index in [-0.39, 0.29) is 23.3 Å². The molecule has 142 valence electrons. The third-order valence-corrected chi connectivity index (χ3v) is 4.35. The number of para-hydroxylation sites is 1. The highest BCUT2D eigenvalue weighted by Crippen LogP contribution is 2.20. The third-order valence-electron chi connectivity index (χ3n) is 4.35. The highest BCUT2D eigenvalue weighted by molar-refractivity contribution is 6.09. The van der Waals surface area contributed by atoms with Crippen LogP contribution in [0.2, 0.25) is 0 Å². The number of nitrogens with one attached hydrogen (secondary N) is 2. The van der Waals surface area contributed by atoms with E-state index in [2.05, 4.69) is 10.6 Å². The Morgan fingerprint density at radius 2 is 2.04 bits per heavy atom. The lowest BCUT2D eigenvalue weighted by molar-refractivity contribution is 0.0858. The molecule has 7 heteroatoms. The second-order valence-electron chi connectivity index (χ2n) is 6.19. The van der Waals surface area contributed by atoms with Crippen LogP contribution in [0, 0.1) is 5.82 Å². The molecule has 1 aliphatic heterocycles. The first-order valence-corrected chi connectivity index (χ1v) is 8.72. The molecule has 27 heavy (non-hydrogen) atoms. The number of anilines is 1. The summed E-state index contributed by atoms with van der Waals surface area (Å²) in [6.45, 7) is 1.14. The smallest absolute Gasteiger partial charge is 0.255 e. The van der Waals surface area contributed by atoms with Gasteiger partial charge in [0.25, 0.3) is 11.8 Å². The van der Waals surface area contributed by atoms with Gasteiger partial charge in [0, 0.05) is 18.7 Å². The second kappa shape index (κ2) is 8.64. The molecule has 0 unspecified atom stereocenters. The average Bonchev–Trinajstić information content (AvgIpc) is 3.20. The molecule has 6 nitrogen and oxygen atoms in total. The number of benzene rings is 2. The molecule has 2 N–H and O–H groups in total. The van der Waals surface area contributed by atoms with Crippen LogP contribution in [0.5, 0.6) is 5.75 Å². The summed E-state index contributed by atoms with van der Waals surface area (Å²) < 4.78 is 24.2. The van der Waals surface area contributed by atoms with Crippen molar-refractivity contribution in [2.75, 3.05) is 25.6 Å². The minimum atomic E-state index is -0.632. The SMILES string of the molecule is COc1ccc(C(=O)Nc2ccccc2C(=O)NC[C@@H]2CCCO2)cc1F. The summed E-state index contributed by atoms with van der Waals surface area (Å²) in [5, 5.41) is 5.49. The van der Waals surface area contributed by atoms with Crippen molar-refractivity contribution in [2.24, 2.45) is 0 Å². The molecule has 1 saturated heterocycles. The van der Waals surface area contributed by atoms with Crippen molar-refractivity contribution < 1.29 is 23.5 Å². The quantitative estimate of drug-likeness (QED) is 0.817. The van der Waals surface area contributed by atoms with E-state index in [1.54, 1.807) is 24.3 Å². The van der Waals surface area contributed by atoms with Gasteiger partial charge in [0.05, 0.1) is 24.5 Å². The van der Waals surface area contributed by atoms with Gasteiger partial charge in [-0.3, -0.25) is 9.59 Å². The van der Waals surface area contributed by atoms with E-state index >= 15 is 0 Å². The van der Waals surface area contributed by atoms with E-state index in [9.17, 15) is 14.0 Å². The fraction of sp³-hybridized carbons (Fsp3) is 0.300. The number of amides is 2. The lowest BCUT2D eigenvalue weighted by atomic mass is 10.1. The Morgan fingerprint density at radius 3 is 2.74 bits per heavy atom. The molecule has 1 atom stereocenters. The Balaban J connectivity index is 1.70. The van der Waals surface area contributed by atoms with E-state index < -0.39 is 11.7 Å². The van der Waals surface area contributed by atoms with Crippen molar-refractivity contribution in [3.05, 3.63) is 59.4 Å². The molecule has 2 amide bonds. The zero-order valence-electron chi connectivity index (χ0n) is 15.0. The first-order valence-electron chi connectivity index (χ1n) is 8.72. The van der Waals surface area contributed by atoms with Gasteiger partial charge in [0.2, 0.25) is 0 Å². The maximum atomic E-state index is 13.8. The summed E-state index contributed by atoms with van der Waals surface area (Å²) in [5.74, 6) is -1.40. The van der Waals surface area contributed by atoms with E-state index in [1.807, 2.05) is 0 Å². The van der Waals surface area contributed by atoms with Gasteiger partial charge in [-0.25, -0.2) is 4.39 Å². The lowest BCUT2D eigenvalue weighted by Gasteiger charge is -2.14. The molecule has 2 aromatic rings. The van der Waals surface area contributed by atoms with Gasteiger partial charge in [-0.05, 0) is 43.2 Å². The van der Waals surface area contributed by atoms with Crippen LogP contribution >= 0.6 is 0 Å². The number of halogens is 1. The molecule has 1 aliphatic rings. The molecule has 0 bridgehead atoms. The number of rotatable bonds is 6. The van der Waals surface area contributed by atoms with Gasteiger partial charge in [-0.2, -0.15) is 0 Å². The first kappa shape index (κ1) is 18.8. The Morgan fingerprint density at radius 1 is 1.22 bits per heavy atom. The Bertz CT molecular complexity index is 834. The van der Waals surface area contributed by atoms with Gasteiger partial charge in [-0.1, -0.05) is 12.1 Å². The largest absolute Gasteiger partial charge is 0.494 e. The van der Waals surface area contributed by atoms with E-state index in [0.717, 1.165) is 18.9 Å². The van der Waals surface area contributed by atoms with Crippen molar-refractivity contribution in [3.8, 4) is 5.75 Å². The number of carbonyl (C=O) groups is 2. The number of methoxy groups -OCH3 is 1. The standard InChI is InChI=1S/C20H21FN2O4/c1-26-18-9-8-13(11-16(18)21)19(24)23-17-7-3-2-6-15(17)20(25)22-12-14-5-4-10-27-14/h2-3,6-9,11,14H,4-5,10,12H2,1H3,(H,22,25)(H,23,24)/t14-/m0/s1. The summed E-state index contributed by atoms with van der Waals surface area (Å²) >= 11 is 0. The Labute approximate surface area is 156 Å². The summed E-state index contributed by atoms with van der Waals surface area (Å²) in [7, 11) is 1.35. The normalized spacial score (nSPS) is 16.0. The Hall–Kier alpha value is -2.93. The number of hydrogen-bond acceptors (Lipinski definition) is 4. The van der Waals surface area contributed by atoms with Crippen LogP contribution in [0.4, 0.5) is 10.1 Å². The van der Waals surface area contributed by atoms with Crippen LogP contribution in [0.1, 0.15) is 33.6 Å². The lowest BCUT2D eigenvalue weighted by Crippen LogP contribution is -2.32. The van der Waals surface area contributed by atoms with Crippen molar-refractivity contribution in [1.82, 2.24) is 5.32 Å². The predicted molar refractivity (Wildman–Crippen MR) is 98.7 cm³/mol. The van der Waals surface area contributed by atoms with Gasteiger partial charge >= 0.3 is 0 Å². The van der Waals surface area contributed by atoms with Crippen molar-refractivity contribution in [3.63, 3.8) is 0 Å². The molecule has 1 fully saturated rings. The average molecular weight is 372 g/mol. The summed E-state index contributed by atoms with van der Waals surface area (Å²) in [6.07, 6.45) is 1.94. The van der Waals surface area contributed by atoms with Crippen LogP contribution < -0.4 is 15.4 Å². The van der Waals surface area contributed by atoms with Crippen LogP contribution in [-0.2, 0) is 4.74 Å². The van der Waals surface area contributed by atoms with Crippen molar-refractivity contribution in [1.29, 1.82) is 0 Å². The van der Waals surface area contributed by atoms with E-state index in [0.29, 0.717) is 24.4 Å². The zero-order chi connectivity index (χ0) is 19.2. The molecule has 0 saturated carbocycles. The molecule has 0 spiro atoms. The molecule has 0 aliphatic carbocycles. The van der Waals surface area contributed by atoms with Gasteiger partial charge in [0.1, 0.15) is 0 Å². The van der Waals surface area contributed by atoms with Crippen LogP contribution in [-0.4, -0.2) is 38.2 Å². The third kappa shape index (κ3) is 4.62. The predicted octanol–water partition coefficient (Wildman–Crippen LogP) is 3.00. The monoisotopic (exact) mass is 372 g/mol. The van der Waals surface area contributed by atoms with E-state index in [4.69, 9.17) is 9.47 Å². The van der Waals surface area contributed by atoms with Crippen molar-refractivity contribution >= 4 is 17.5 Å².